The van der Waals surface area contributed by atoms with E-state index in [1.165, 1.54) is 6.42 Å². The number of carbonyl (C=O) groups is 1. The van der Waals surface area contributed by atoms with Gasteiger partial charge in [-0.1, -0.05) is 0 Å². The number of rotatable bonds is 6. The molecule has 21 heavy (non-hydrogen) atoms. The molecule has 2 rings (SSSR count). The van der Waals surface area contributed by atoms with Gasteiger partial charge in [0.1, 0.15) is 5.69 Å². The lowest BCUT2D eigenvalue weighted by Crippen LogP contribution is -2.57. The van der Waals surface area contributed by atoms with Crippen molar-refractivity contribution in [3.05, 3.63) is 24.0 Å². The summed E-state index contributed by atoms with van der Waals surface area (Å²) >= 11 is 0. The van der Waals surface area contributed by atoms with Gasteiger partial charge in [0.2, 0.25) is 0 Å². The van der Waals surface area contributed by atoms with Crippen LogP contribution < -0.4 is 5.32 Å². The summed E-state index contributed by atoms with van der Waals surface area (Å²) < 4.78 is 0. The minimum atomic E-state index is -0.0112. The van der Waals surface area contributed by atoms with Gasteiger partial charge in [-0.15, -0.1) is 0 Å². The fourth-order valence-corrected chi connectivity index (χ4v) is 2.90. The first-order chi connectivity index (χ1) is 9.98. The average Bonchev–Trinajstić information content (AvgIpc) is 2.42. The third-order valence-electron chi connectivity index (χ3n) is 4.47. The van der Waals surface area contributed by atoms with Crippen LogP contribution in [-0.4, -0.2) is 60.5 Å². The van der Waals surface area contributed by atoms with E-state index in [0.29, 0.717) is 5.69 Å². The average molecular weight is 290 g/mol. The van der Waals surface area contributed by atoms with E-state index in [2.05, 4.69) is 29.3 Å². The van der Waals surface area contributed by atoms with Crippen LogP contribution in [0.5, 0.6) is 0 Å². The van der Waals surface area contributed by atoms with Crippen LogP contribution in [0.15, 0.2) is 18.3 Å². The maximum atomic E-state index is 12.6. The molecule has 5 nitrogen and oxygen atoms in total. The van der Waals surface area contributed by atoms with Crippen LogP contribution in [0, 0.1) is 0 Å². The first-order valence-corrected chi connectivity index (χ1v) is 7.61. The van der Waals surface area contributed by atoms with Crippen molar-refractivity contribution in [3.8, 4) is 0 Å². The number of nitrogens with zero attached hydrogens (tertiary/aromatic N) is 3. The van der Waals surface area contributed by atoms with Crippen LogP contribution in [0.4, 0.5) is 5.69 Å². The third-order valence-corrected chi connectivity index (χ3v) is 4.47. The molecule has 1 aliphatic carbocycles. The summed E-state index contributed by atoms with van der Waals surface area (Å²) in [4.78, 5) is 20.8. The second-order valence-corrected chi connectivity index (χ2v) is 6.09. The molecule has 1 aliphatic rings. The lowest BCUT2D eigenvalue weighted by molar-refractivity contribution is 0.0250. The molecule has 0 radical (unpaired) electrons. The molecule has 116 valence electrons. The number of likely N-dealkylation sites (N-methyl/N-ethyl adjacent to an activating group) is 2. The van der Waals surface area contributed by atoms with Gasteiger partial charge >= 0.3 is 0 Å². The fourth-order valence-electron chi connectivity index (χ4n) is 2.90. The molecule has 0 spiro atoms. The smallest absolute Gasteiger partial charge is 0.272 e. The van der Waals surface area contributed by atoms with E-state index in [1.807, 2.05) is 26.1 Å². The molecule has 5 heteroatoms. The zero-order valence-corrected chi connectivity index (χ0v) is 13.5. The Bertz CT molecular complexity index is 497. The summed E-state index contributed by atoms with van der Waals surface area (Å²) in [7, 11) is 6.07. The van der Waals surface area contributed by atoms with Crippen molar-refractivity contribution >= 4 is 11.6 Å². The Morgan fingerprint density at radius 3 is 2.62 bits per heavy atom. The summed E-state index contributed by atoms with van der Waals surface area (Å²) in [6, 6.07) is 3.71. The number of amides is 1. The van der Waals surface area contributed by atoms with Crippen molar-refractivity contribution in [1.29, 1.82) is 0 Å². The topological polar surface area (TPSA) is 48.5 Å². The lowest BCUT2D eigenvalue weighted by Gasteiger charge is -2.49. The summed E-state index contributed by atoms with van der Waals surface area (Å²) in [5, 5.41) is 3.21. The van der Waals surface area contributed by atoms with Crippen LogP contribution >= 0.6 is 0 Å². The predicted molar refractivity (Wildman–Crippen MR) is 85.6 cm³/mol. The summed E-state index contributed by atoms with van der Waals surface area (Å²) in [6.45, 7) is 3.62. The first-order valence-electron chi connectivity index (χ1n) is 7.61. The molecule has 0 aromatic carbocycles. The predicted octanol–water partition coefficient (Wildman–Crippen LogP) is 2.07. The summed E-state index contributed by atoms with van der Waals surface area (Å²) in [5.74, 6) is -0.0112. The third kappa shape index (κ3) is 3.35. The van der Waals surface area contributed by atoms with Gasteiger partial charge in [-0.25, -0.2) is 0 Å². The molecule has 0 aliphatic heterocycles. The van der Waals surface area contributed by atoms with Crippen LogP contribution in [0.25, 0.3) is 0 Å². The number of pyridine rings is 1. The number of hydrogen-bond donors (Lipinski definition) is 1. The SMILES string of the molecule is CCNc1ccnc(C(=O)N(C)CC2(N(C)C)CCC2)c1. The second-order valence-electron chi connectivity index (χ2n) is 6.09. The second kappa shape index (κ2) is 6.43. The minimum Gasteiger partial charge on any atom is -0.385 e. The van der Waals surface area contributed by atoms with E-state index >= 15 is 0 Å². The molecule has 0 atom stereocenters. The van der Waals surface area contributed by atoms with Gasteiger partial charge in [0.15, 0.2) is 0 Å². The Kier molecular flexibility index (Phi) is 4.83. The molecule has 1 aromatic heterocycles. The molecule has 1 N–H and O–H groups in total. The molecule has 1 heterocycles. The molecule has 1 amide bonds. The van der Waals surface area contributed by atoms with Gasteiger partial charge in [0, 0.05) is 37.6 Å². The van der Waals surface area contributed by atoms with E-state index in [0.717, 1.165) is 31.6 Å². The highest BCUT2D eigenvalue weighted by molar-refractivity contribution is 5.93. The van der Waals surface area contributed by atoms with Gasteiger partial charge in [-0.3, -0.25) is 9.78 Å². The zero-order valence-electron chi connectivity index (χ0n) is 13.5. The Hall–Kier alpha value is -1.62. The van der Waals surface area contributed by atoms with Crippen LogP contribution in [0.1, 0.15) is 36.7 Å². The number of hydrogen-bond acceptors (Lipinski definition) is 4. The van der Waals surface area contributed by atoms with E-state index in [1.54, 1.807) is 11.1 Å². The Balaban J connectivity index is 2.07. The van der Waals surface area contributed by atoms with E-state index in [4.69, 9.17) is 0 Å². The van der Waals surface area contributed by atoms with Crippen molar-refractivity contribution in [1.82, 2.24) is 14.8 Å². The fraction of sp³-hybridized carbons (Fsp3) is 0.625. The molecule has 1 aromatic rings. The largest absolute Gasteiger partial charge is 0.385 e. The van der Waals surface area contributed by atoms with E-state index < -0.39 is 0 Å². The zero-order chi connectivity index (χ0) is 15.5. The standard InChI is InChI=1S/C16H26N4O/c1-5-17-13-7-10-18-14(11-13)15(21)20(4)12-16(19(2)3)8-6-9-16/h7,10-11H,5-6,8-9,12H2,1-4H3,(H,17,18). The van der Waals surface area contributed by atoms with Gasteiger partial charge < -0.3 is 15.1 Å². The number of nitrogens with one attached hydrogen (secondary N) is 1. The quantitative estimate of drug-likeness (QED) is 0.871. The number of anilines is 1. The molecule has 0 bridgehead atoms. The Morgan fingerprint density at radius 1 is 1.38 bits per heavy atom. The Morgan fingerprint density at radius 2 is 2.10 bits per heavy atom. The normalized spacial score (nSPS) is 16.4. The maximum absolute atomic E-state index is 12.6. The van der Waals surface area contributed by atoms with Gasteiger partial charge in [0.25, 0.3) is 5.91 Å². The van der Waals surface area contributed by atoms with Gasteiger partial charge in [0.05, 0.1) is 0 Å². The molecule has 1 saturated carbocycles. The lowest BCUT2D eigenvalue weighted by atomic mass is 9.75. The monoisotopic (exact) mass is 290 g/mol. The van der Waals surface area contributed by atoms with Crippen molar-refractivity contribution in [2.45, 2.75) is 31.7 Å². The number of carbonyl (C=O) groups excluding carboxylic acids is 1. The molecule has 0 saturated heterocycles. The van der Waals surface area contributed by atoms with E-state index in [-0.39, 0.29) is 11.4 Å². The maximum Gasteiger partial charge on any atom is 0.272 e. The van der Waals surface area contributed by atoms with Crippen LogP contribution in [-0.2, 0) is 0 Å². The van der Waals surface area contributed by atoms with Crippen LogP contribution in [0.2, 0.25) is 0 Å². The highest BCUT2D eigenvalue weighted by Gasteiger charge is 2.40. The highest BCUT2D eigenvalue weighted by Crippen LogP contribution is 2.36. The first kappa shape index (κ1) is 15.8. The Labute approximate surface area is 127 Å². The molecular formula is C16H26N4O. The van der Waals surface area contributed by atoms with E-state index in [9.17, 15) is 4.79 Å². The molecule has 0 unspecified atom stereocenters. The molecule has 1 fully saturated rings. The van der Waals surface area contributed by atoms with Crippen LogP contribution in [0.3, 0.4) is 0 Å². The van der Waals surface area contributed by atoms with Crippen molar-refractivity contribution in [2.24, 2.45) is 0 Å². The van der Waals surface area contributed by atoms with Gasteiger partial charge in [-0.2, -0.15) is 0 Å². The minimum absolute atomic E-state index is 0.0112. The van der Waals surface area contributed by atoms with Crippen molar-refractivity contribution in [2.75, 3.05) is 39.5 Å². The van der Waals surface area contributed by atoms with Crippen molar-refractivity contribution in [3.63, 3.8) is 0 Å². The highest BCUT2D eigenvalue weighted by atomic mass is 16.2. The van der Waals surface area contributed by atoms with Crippen molar-refractivity contribution < 1.29 is 4.79 Å². The summed E-state index contributed by atoms with van der Waals surface area (Å²) in [5.41, 5.74) is 1.59. The summed E-state index contributed by atoms with van der Waals surface area (Å²) in [6.07, 6.45) is 5.24. The van der Waals surface area contributed by atoms with Gasteiger partial charge in [-0.05, 0) is 52.4 Å². The number of aromatic nitrogens is 1. The molecular weight excluding hydrogens is 264 g/mol.